The topological polar surface area (TPSA) is 259 Å². The third-order valence-electron chi connectivity index (χ3n) is 20.2. The molecule has 2 saturated carbocycles. The lowest BCUT2D eigenvalue weighted by atomic mass is 9.78. The fraction of sp³-hybridized carbons (Fsp3) is 0.836. The Kier molecular flexibility index (Phi) is 29.8. The SMILES string of the molecule is CC[C@H](C)[C@@H]1NC(=O)[C@H](CC(C)C)N(C)C(=O)C[C@@H](C)N(C)C(=O)[C@H](CC(C)C)NC(=O)C(C)(C)N(C)C(=O)[C@H](CC(C)C)NC(=O)[C@H](CCC2CCC(C(F)(F)F)C(Cl)C2)NC(=O)CN(C)C(=O)[C@H](CC2CCC(C)CC2)N(C)C(=O)[C@@H]2CCN2C(=O)CN(C)C1=O. The highest BCUT2D eigenvalue weighted by molar-refractivity contribution is 6.20. The molecule has 2 aliphatic carbocycles. The van der Waals surface area contributed by atoms with Gasteiger partial charge in [-0.05, 0) is 126 Å². The lowest BCUT2D eigenvalue weighted by molar-refractivity contribution is -0.182. The van der Waals surface area contributed by atoms with Gasteiger partial charge in [0, 0.05) is 66.7 Å². The van der Waals surface area contributed by atoms with Gasteiger partial charge in [-0.2, -0.15) is 13.2 Å². The van der Waals surface area contributed by atoms with Crippen molar-refractivity contribution in [1.82, 2.24) is 55.6 Å². The zero-order valence-electron chi connectivity index (χ0n) is 58.9. The molecule has 4 aliphatic rings. The molecule has 11 amide bonds. The number of hydrogen-bond donors (Lipinski definition) is 4. The number of carbonyl (C=O) groups is 11. The van der Waals surface area contributed by atoms with E-state index in [-0.39, 0.29) is 107 Å². The number of rotatable bonds is 13. The summed E-state index contributed by atoms with van der Waals surface area (Å²) in [6.07, 6.45) is -0.00520. The quantitative estimate of drug-likeness (QED) is 0.148. The van der Waals surface area contributed by atoms with E-state index in [0.717, 1.165) is 30.6 Å². The Balaban J connectivity index is 1.82. The summed E-state index contributed by atoms with van der Waals surface area (Å²) < 4.78 is 41.8. The lowest BCUT2D eigenvalue weighted by Gasteiger charge is -2.44. The van der Waals surface area contributed by atoms with E-state index in [2.05, 4.69) is 28.2 Å². The van der Waals surface area contributed by atoms with Crippen molar-refractivity contribution in [3.63, 3.8) is 0 Å². The van der Waals surface area contributed by atoms with Gasteiger partial charge in [-0.3, -0.25) is 52.7 Å². The van der Waals surface area contributed by atoms with Crippen LogP contribution in [0, 0.1) is 47.3 Å². The first kappa shape index (κ1) is 79.7. The van der Waals surface area contributed by atoms with E-state index >= 15 is 0 Å². The van der Waals surface area contributed by atoms with E-state index in [0.29, 0.717) is 12.3 Å². The number of halogens is 4. The standard InChI is InChI=1S/C67H113ClF3N11O11/c1-19-42(9)57-64(92)77(14)37-56(85)82-29-28-51(82)63(91)80(17)53(35-45-22-20-41(8)21-23-45)62(90)76(13)36-54(83)72-48(27-25-44-24-26-46(47(68)34-44)67(69,70)71)58(86)73-50(31-39(4)5)61(89)81(18)66(11,12)65(93)74-49(30-38(2)3)60(88)78(15)43(10)33-55(84)79(16)52(32-40(6)7)59(87)75-57/h38-53,57H,19-37H2,1-18H3,(H,72,83)(H,73,86)(H,74,93)(H,75,87)/t41?,42-,43+,44?,45?,46?,47?,48-,49-,50-,51-,52-,53-,57-/m0/s1. The molecule has 0 bridgehead atoms. The van der Waals surface area contributed by atoms with E-state index in [4.69, 9.17) is 11.6 Å². The molecule has 530 valence electrons. The molecule has 4 fully saturated rings. The Labute approximate surface area is 556 Å². The van der Waals surface area contributed by atoms with Gasteiger partial charge in [0.1, 0.15) is 47.8 Å². The average molecular weight is 1340 g/mol. The largest absolute Gasteiger partial charge is 0.393 e. The second kappa shape index (κ2) is 34.8. The minimum Gasteiger partial charge on any atom is -0.343 e. The van der Waals surface area contributed by atoms with Crippen LogP contribution in [0.25, 0.3) is 0 Å². The molecule has 0 spiro atoms. The second-order valence-corrected chi connectivity index (χ2v) is 30.0. The van der Waals surface area contributed by atoms with Crippen LogP contribution in [0.3, 0.4) is 0 Å². The fourth-order valence-electron chi connectivity index (χ4n) is 13.2. The Morgan fingerprint density at radius 1 is 0.570 bits per heavy atom. The van der Waals surface area contributed by atoms with Crippen molar-refractivity contribution in [3.8, 4) is 0 Å². The molecule has 2 saturated heterocycles. The predicted molar refractivity (Wildman–Crippen MR) is 349 cm³/mol. The highest BCUT2D eigenvalue weighted by Gasteiger charge is 2.48. The summed E-state index contributed by atoms with van der Waals surface area (Å²) in [5.74, 6) is -9.31. The van der Waals surface area contributed by atoms with Gasteiger partial charge in [0.15, 0.2) is 0 Å². The van der Waals surface area contributed by atoms with Crippen molar-refractivity contribution in [3.05, 3.63) is 0 Å². The van der Waals surface area contributed by atoms with Crippen molar-refractivity contribution in [2.75, 3.05) is 61.9 Å². The smallest absolute Gasteiger partial charge is 0.343 e. The first-order valence-electron chi connectivity index (χ1n) is 33.9. The zero-order chi connectivity index (χ0) is 70.5. The maximum absolute atomic E-state index is 14.9. The molecular formula is C67H113ClF3N11O11. The van der Waals surface area contributed by atoms with Gasteiger partial charge in [-0.25, -0.2) is 0 Å². The molecule has 4 N–H and O–H groups in total. The van der Waals surface area contributed by atoms with Crippen molar-refractivity contribution >= 4 is 76.6 Å². The maximum atomic E-state index is 14.9. The van der Waals surface area contributed by atoms with Crippen LogP contribution in [0.1, 0.15) is 186 Å². The summed E-state index contributed by atoms with van der Waals surface area (Å²) >= 11 is 6.36. The van der Waals surface area contributed by atoms with Crippen LogP contribution >= 0.6 is 11.6 Å². The van der Waals surface area contributed by atoms with E-state index in [1.807, 2.05) is 48.5 Å². The number of amides is 11. The Hall–Kier alpha value is -5.75. The minimum atomic E-state index is -4.50. The molecule has 3 unspecified atom stereocenters. The molecule has 0 aromatic heterocycles. The molecule has 2 aliphatic heterocycles. The van der Waals surface area contributed by atoms with E-state index in [1.54, 1.807) is 13.8 Å². The Bertz CT molecular complexity index is 2620. The number of nitrogens with one attached hydrogen (secondary N) is 4. The summed E-state index contributed by atoms with van der Waals surface area (Å²) in [6.45, 7) is 20.7. The van der Waals surface area contributed by atoms with Gasteiger partial charge in [0.2, 0.25) is 65.0 Å². The monoisotopic (exact) mass is 1340 g/mol. The summed E-state index contributed by atoms with van der Waals surface area (Å²) in [6, 6.07) is -8.87. The van der Waals surface area contributed by atoms with Crippen molar-refractivity contribution in [1.29, 1.82) is 0 Å². The highest BCUT2D eigenvalue weighted by atomic mass is 35.5. The number of nitrogens with zero attached hydrogens (tertiary/aromatic N) is 7. The van der Waals surface area contributed by atoms with E-state index in [1.165, 1.54) is 85.5 Å². The number of likely N-dealkylation sites (N-methyl/N-ethyl adjacent to an activating group) is 6. The zero-order valence-corrected chi connectivity index (χ0v) is 59.6. The number of hydrogen-bond acceptors (Lipinski definition) is 11. The first-order valence-corrected chi connectivity index (χ1v) is 34.3. The summed E-state index contributed by atoms with van der Waals surface area (Å²) in [7, 11) is 8.70. The second-order valence-electron chi connectivity index (χ2n) is 29.5. The van der Waals surface area contributed by atoms with Crippen molar-refractivity contribution < 1.29 is 65.9 Å². The molecule has 22 nitrogen and oxygen atoms in total. The van der Waals surface area contributed by atoms with Crippen LogP contribution in [0.5, 0.6) is 0 Å². The summed E-state index contributed by atoms with van der Waals surface area (Å²) in [5, 5.41) is 10.1. The van der Waals surface area contributed by atoms with Gasteiger partial charge in [-0.1, -0.05) is 94.4 Å². The molecule has 4 rings (SSSR count). The average Bonchev–Trinajstić information content (AvgIpc) is 1.03. The van der Waals surface area contributed by atoms with Gasteiger partial charge >= 0.3 is 6.18 Å². The first-order chi connectivity index (χ1) is 43.1. The van der Waals surface area contributed by atoms with Crippen molar-refractivity contribution in [2.45, 2.75) is 251 Å². The van der Waals surface area contributed by atoms with Crippen LogP contribution < -0.4 is 21.3 Å². The van der Waals surface area contributed by atoms with Crippen LogP contribution in [-0.4, -0.2) is 227 Å². The molecule has 2 heterocycles. The number of fused-ring (bicyclic) bond motifs is 1. The molecule has 12 atom stereocenters. The Morgan fingerprint density at radius 2 is 1.13 bits per heavy atom. The summed E-state index contributed by atoms with van der Waals surface area (Å²) in [5.41, 5.74) is -1.68. The van der Waals surface area contributed by atoms with E-state index < -0.39 is 155 Å². The van der Waals surface area contributed by atoms with Gasteiger partial charge in [0.05, 0.1) is 19.0 Å². The lowest BCUT2D eigenvalue weighted by Crippen LogP contribution is -2.63. The molecule has 93 heavy (non-hydrogen) atoms. The fourth-order valence-corrected chi connectivity index (χ4v) is 13.7. The normalized spacial score (nSPS) is 30.7. The van der Waals surface area contributed by atoms with Crippen LogP contribution in [0.15, 0.2) is 0 Å². The molecule has 0 aromatic carbocycles. The van der Waals surface area contributed by atoms with Crippen molar-refractivity contribution in [2.24, 2.45) is 47.3 Å². The minimum absolute atomic E-state index is 0.00641. The van der Waals surface area contributed by atoms with Crippen LogP contribution in [0.2, 0.25) is 0 Å². The highest BCUT2D eigenvalue weighted by Crippen LogP contribution is 2.44. The van der Waals surface area contributed by atoms with Crippen LogP contribution in [0.4, 0.5) is 13.2 Å². The van der Waals surface area contributed by atoms with Gasteiger partial charge in [-0.15, -0.1) is 11.6 Å². The molecule has 26 heteroatoms. The summed E-state index contributed by atoms with van der Waals surface area (Å²) in [4.78, 5) is 169. The van der Waals surface area contributed by atoms with Gasteiger partial charge < -0.3 is 55.6 Å². The number of alkyl halides is 4. The predicted octanol–water partition coefficient (Wildman–Crippen LogP) is 6.35. The third-order valence-corrected chi connectivity index (χ3v) is 20.7. The maximum Gasteiger partial charge on any atom is 0.393 e. The van der Waals surface area contributed by atoms with Gasteiger partial charge in [0.25, 0.3) is 0 Å². The Morgan fingerprint density at radius 3 is 1.66 bits per heavy atom. The third kappa shape index (κ3) is 21.9. The molecular weight excluding hydrogens is 1230 g/mol. The number of carbonyl (C=O) groups excluding carboxylic acids is 11. The molecule has 0 radical (unpaired) electrons. The van der Waals surface area contributed by atoms with E-state index in [9.17, 15) is 65.9 Å². The van der Waals surface area contributed by atoms with Crippen LogP contribution in [-0.2, 0) is 52.7 Å². The molecule has 0 aromatic rings.